The Hall–Kier alpha value is -3.95. The van der Waals surface area contributed by atoms with Crippen LogP contribution in [0, 0.1) is 18.7 Å². The van der Waals surface area contributed by atoms with E-state index in [9.17, 15) is 14.0 Å². The van der Waals surface area contributed by atoms with Crippen molar-refractivity contribution < 1.29 is 27.9 Å². The number of piperidine rings is 1. The summed E-state index contributed by atoms with van der Waals surface area (Å²) in [4.78, 5) is 27.4. The number of aryl methyl sites for hydroxylation is 1. The van der Waals surface area contributed by atoms with Gasteiger partial charge in [-0.25, -0.2) is 9.18 Å². The largest absolute Gasteiger partial charge is 0.489 e. The van der Waals surface area contributed by atoms with Crippen LogP contribution < -0.4 is 10.1 Å². The molecule has 0 bridgehead atoms. The number of likely N-dealkylation sites (tertiary alicyclic amines) is 1. The lowest BCUT2D eigenvalue weighted by Gasteiger charge is -2.35. The van der Waals surface area contributed by atoms with E-state index in [1.54, 1.807) is 17.9 Å². The predicted octanol–water partition coefficient (Wildman–Crippen LogP) is 4.50. The number of hydrogen-bond donors (Lipinski definition) is 1. The molecule has 0 aliphatic carbocycles. The Bertz CT molecular complexity index is 1210. The Kier molecular flexibility index (Phi) is 8.37. The second-order valence-electron chi connectivity index (χ2n) is 9.34. The number of benzene rings is 2. The van der Waals surface area contributed by atoms with Gasteiger partial charge in [0.1, 0.15) is 30.3 Å². The van der Waals surface area contributed by atoms with Crippen molar-refractivity contribution >= 4 is 12.0 Å². The van der Waals surface area contributed by atoms with Gasteiger partial charge in [-0.3, -0.25) is 4.79 Å². The van der Waals surface area contributed by atoms with Gasteiger partial charge in [0.2, 0.25) is 11.8 Å². The van der Waals surface area contributed by atoms with E-state index in [4.69, 9.17) is 13.9 Å². The molecule has 10 heteroatoms. The highest BCUT2D eigenvalue weighted by Crippen LogP contribution is 2.32. The third-order valence-electron chi connectivity index (χ3n) is 6.16. The molecule has 0 unspecified atom stereocenters. The number of halogens is 1. The molecule has 1 aliphatic rings. The van der Waals surface area contributed by atoms with Gasteiger partial charge in [0.25, 0.3) is 5.89 Å². The van der Waals surface area contributed by atoms with Crippen LogP contribution in [0.5, 0.6) is 5.75 Å². The number of ether oxygens (including phenoxy) is 2. The summed E-state index contributed by atoms with van der Waals surface area (Å²) in [5.41, 5.74) is 1.25. The molecule has 1 aromatic heterocycles. The van der Waals surface area contributed by atoms with Crippen molar-refractivity contribution in [3.63, 3.8) is 0 Å². The first kappa shape index (κ1) is 26.1. The maximum Gasteiger partial charge on any atom is 0.408 e. The van der Waals surface area contributed by atoms with Crippen molar-refractivity contribution in [3.8, 4) is 17.2 Å². The zero-order valence-electron chi connectivity index (χ0n) is 21.1. The van der Waals surface area contributed by atoms with Crippen LogP contribution in [0.3, 0.4) is 0 Å². The van der Waals surface area contributed by atoms with E-state index < -0.39 is 18.0 Å². The molecule has 2 amide bonds. The highest BCUT2D eigenvalue weighted by molar-refractivity contribution is 5.86. The van der Waals surface area contributed by atoms with Gasteiger partial charge in [-0.2, -0.15) is 0 Å². The van der Waals surface area contributed by atoms with Crippen LogP contribution in [0.15, 0.2) is 52.9 Å². The number of carbonyl (C=O) groups is 2. The van der Waals surface area contributed by atoms with E-state index in [0.717, 1.165) is 5.56 Å². The minimum atomic E-state index is -0.704. The van der Waals surface area contributed by atoms with Gasteiger partial charge in [-0.1, -0.05) is 44.2 Å². The summed E-state index contributed by atoms with van der Waals surface area (Å²) >= 11 is 0. The molecular formula is C27H31FN4O5. The Balaban J connectivity index is 1.32. The first-order valence-electron chi connectivity index (χ1n) is 12.3. The SMILES string of the molecule is Cc1nnc(-c2cc(F)ccc2OC2CCN(C(=O)[C@@H](NC(=O)OCc3ccccc3)C(C)C)CC2)o1. The molecule has 9 nitrogen and oxygen atoms in total. The van der Waals surface area contributed by atoms with Crippen LogP contribution in [0.25, 0.3) is 11.5 Å². The van der Waals surface area contributed by atoms with Gasteiger partial charge in [0.15, 0.2) is 0 Å². The molecule has 1 atom stereocenters. The fourth-order valence-electron chi connectivity index (χ4n) is 4.15. The van der Waals surface area contributed by atoms with Gasteiger partial charge in [0, 0.05) is 32.9 Å². The average Bonchev–Trinajstić information content (AvgIpc) is 3.33. The third-order valence-corrected chi connectivity index (χ3v) is 6.16. The Labute approximate surface area is 215 Å². The molecule has 1 aliphatic heterocycles. The normalized spacial score (nSPS) is 14.9. The maximum atomic E-state index is 13.9. The molecule has 1 saturated heterocycles. The lowest BCUT2D eigenvalue weighted by molar-refractivity contribution is -0.136. The molecule has 196 valence electrons. The van der Waals surface area contributed by atoms with Crippen molar-refractivity contribution in [3.05, 3.63) is 65.8 Å². The van der Waals surface area contributed by atoms with Crippen molar-refractivity contribution in [2.24, 2.45) is 5.92 Å². The van der Waals surface area contributed by atoms with Crippen LogP contribution in [0.2, 0.25) is 0 Å². The Morgan fingerprint density at radius 3 is 2.51 bits per heavy atom. The predicted molar refractivity (Wildman–Crippen MR) is 133 cm³/mol. The van der Waals surface area contributed by atoms with Gasteiger partial charge >= 0.3 is 6.09 Å². The monoisotopic (exact) mass is 510 g/mol. The molecule has 37 heavy (non-hydrogen) atoms. The van der Waals surface area contributed by atoms with Crippen molar-refractivity contribution in [2.75, 3.05) is 13.1 Å². The number of hydrogen-bond acceptors (Lipinski definition) is 7. The van der Waals surface area contributed by atoms with Crippen LogP contribution in [-0.2, 0) is 16.1 Å². The van der Waals surface area contributed by atoms with Gasteiger partial charge < -0.3 is 24.1 Å². The molecule has 1 N–H and O–H groups in total. The topological polar surface area (TPSA) is 107 Å². The number of rotatable bonds is 8. The number of carbonyl (C=O) groups excluding carboxylic acids is 2. The molecule has 0 radical (unpaired) electrons. The molecule has 4 rings (SSSR count). The van der Waals surface area contributed by atoms with E-state index in [2.05, 4.69) is 15.5 Å². The minimum absolute atomic E-state index is 0.120. The number of nitrogens with zero attached hydrogens (tertiary/aromatic N) is 3. The molecule has 0 spiro atoms. The number of nitrogens with one attached hydrogen (secondary N) is 1. The third kappa shape index (κ3) is 6.84. The number of aromatic nitrogens is 2. The van der Waals surface area contributed by atoms with Crippen LogP contribution >= 0.6 is 0 Å². The smallest absolute Gasteiger partial charge is 0.408 e. The van der Waals surface area contributed by atoms with Gasteiger partial charge in [-0.15, -0.1) is 10.2 Å². The summed E-state index contributed by atoms with van der Waals surface area (Å²) in [5.74, 6) is 0.282. The fourth-order valence-corrected chi connectivity index (χ4v) is 4.15. The maximum absolute atomic E-state index is 13.9. The average molecular weight is 511 g/mol. The van der Waals surface area contributed by atoms with E-state index in [1.807, 2.05) is 44.2 Å². The number of alkyl carbamates (subject to hydrolysis) is 1. The van der Waals surface area contributed by atoms with E-state index in [-0.39, 0.29) is 30.4 Å². The van der Waals surface area contributed by atoms with E-state index in [0.29, 0.717) is 43.1 Å². The summed E-state index contributed by atoms with van der Waals surface area (Å²) in [6, 6.07) is 12.8. The Morgan fingerprint density at radius 2 is 1.86 bits per heavy atom. The molecule has 3 aromatic rings. The molecular weight excluding hydrogens is 479 g/mol. The van der Waals surface area contributed by atoms with Crippen molar-refractivity contribution in [1.29, 1.82) is 0 Å². The first-order chi connectivity index (χ1) is 17.8. The summed E-state index contributed by atoms with van der Waals surface area (Å²) in [7, 11) is 0. The second kappa shape index (κ2) is 11.9. The second-order valence-corrected chi connectivity index (χ2v) is 9.34. The Morgan fingerprint density at radius 1 is 1.14 bits per heavy atom. The zero-order chi connectivity index (χ0) is 26.4. The van der Waals surface area contributed by atoms with Crippen LogP contribution in [0.4, 0.5) is 9.18 Å². The van der Waals surface area contributed by atoms with E-state index in [1.165, 1.54) is 12.1 Å². The number of amides is 2. The van der Waals surface area contributed by atoms with E-state index >= 15 is 0 Å². The summed E-state index contributed by atoms with van der Waals surface area (Å²) in [6.45, 7) is 6.47. The minimum Gasteiger partial charge on any atom is -0.489 e. The summed E-state index contributed by atoms with van der Waals surface area (Å²) in [6.07, 6.45) is 0.344. The summed E-state index contributed by atoms with van der Waals surface area (Å²) in [5, 5.41) is 10.5. The highest BCUT2D eigenvalue weighted by Gasteiger charge is 2.32. The fraction of sp³-hybridized carbons (Fsp3) is 0.407. The lowest BCUT2D eigenvalue weighted by atomic mass is 10.0. The standard InChI is InChI=1S/C27H31FN4O5/c1-17(2)24(29-27(34)35-16-19-7-5-4-6-8-19)26(33)32-13-11-21(12-14-32)37-23-10-9-20(28)15-22(23)25-31-30-18(3)36-25/h4-10,15,17,21,24H,11-14,16H2,1-3H3,(H,29,34)/t24-/m0/s1. The van der Waals surface area contributed by atoms with Crippen molar-refractivity contribution in [2.45, 2.75) is 52.4 Å². The molecule has 2 heterocycles. The van der Waals surface area contributed by atoms with Crippen LogP contribution in [0.1, 0.15) is 38.1 Å². The van der Waals surface area contributed by atoms with Gasteiger partial charge in [0.05, 0.1) is 5.56 Å². The lowest BCUT2D eigenvalue weighted by Crippen LogP contribution is -2.53. The summed E-state index contributed by atoms with van der Waals surface area (Å²) < 4.78 is 30.8. The molecule has 0 saturated carbocycles. The quantitative estimate of drug-likeness (QED) is 0.475. The molecule has 1 fully saturated rings. The molecule has 2 aromatic carbocycles. The van der Waals surface area contributed by atoms with Crippen LogP contribution in [-0.4, -0.2) is 52.3 Å². The zero-order valence-corrected chi connectivity index (χ0v) is 21.1. The highest BCUT2D eigenvalue weighted by atomic mass is 19.1. The van der Waals surface area contributed by atoms with Gasteiger partial charge in [-0.05, 0) is 29.7 Å². The first-order valence-corrected chi connectivity index (χ1v) is 12.3. The van der Waals surface area contributed by atoms with Crippen molar-refractivity contribution in [1.82, 2.24) is 20.4 Å².